The molecule has 0 saturated carbocycles. The molecule has 21 heavy (non-hydrogen) atoms. The lowest BCUT2D eigenvalue weighted by atomic mass is 10.1. The Morgan fingerprint density at radius 2 is 2.10 bits per heavy atom. The van der Waals surface area contributed by atoms with Crippen LogP contribution in [0.5, 0.6) is 0 Å². The molecule has 106 valence electrons. The molecule has 3 rings (SSSR count). The molecule has 2 aromatic heterocycles. The fourth-order valence-corrected chi connectivity index (χ4v) is 2.97. The van der Waals surface area contributed by atoms with Gasteiger partial charge < -0.3 is 0 Å². The van der Waals surface area contributed by atoms with Crippen molar-refractivity contribution >= 4 is 11.8 Å². The highest BCUT2D eigenvalue weighted by atomic mass is 32.2. The third-order valence-electron chi connectivity index (χ3n) is 3.25. The standard InChI is InChI=1S/C16H16N4S/c1-11-5-6-14(12(2)8-11)10-21-16-18-15(19-20-16)13-4-3-7-17-9-13/h3-9H,10H2,1-2H3,(H,18,19,20). The lowest BCUT2D eigenvalue weighted by Gasteiger charge is -2.04. The number of hydrogen-bond donors (Lipinski definition) is 1. The smallest absolute Gasteiger partial charge is 0.209 e. The highest BCUT2D eigenvalue weighted by molar-refractivity contribution is 7.98. The van der Waals surface area contributed by atoms with Crippen LogP contribution in [0.15, 0.2) is 47.9 Å². The lowest BCUT2D eigenvalue weighted by Crippen LogP contribution is -1.88. The van der Waals surface area contributed by atoms with Gasteiger partial charge in [0.2, 0.25) is 5.16 Å². The van der Waals surface area contributed by atoms with Crippen molar-refractivity contribution in [2.45, 2.75) is 24.8 Å². The number of H-pyrrole nitrogens is 1. The Balaban J connectivity index is 1.70. The Morgan fingerprint density at radius 3 is 2.86 bits per heavy atom. The van der Waals surface area contributed by atoms with Crippen molar-refractivity contribution in [3.05, 3.63) is 59.4 Å². The number of hydrogen-bond acceptors (Lipinski definition) is 4. The average Bonchev–Trinajstić information content (AvgIpc) is 2.96. The minimum atomic E-state index is 0.756. The number of aryl methyl sites for hydroxylation is 2. The Labute approximate surface area is 128 Å². The van der Waals surface area contributed by atoms with Gasteiger partial charge in [-0.2, -0.15) is 0 Å². The molecule has 0 spiro atoms. The number of aromatic amines is 1. The molecular weight excluding hydrogens is 280 g/mol. The molecule has 0 saturated heterocycles. The van der Waals surface area contributed by atoms with Gasteiger partial charge in [0.1, 0.15) is 0 Å². The largest absolute Gasteiger partial charge is 0.264 e. The van der Waals surface area contributed by atoms with Gasteiger partial charge in [-0.25, -0.2) is 4.98 Å². The average molecular weight is 296 g/mol. The van der Waals surface area contributed by atoms with Gasteiger partial charge in [-0.05, 0) is 37.1 Å². The molecule has 0 aliphatic heterocycles. The summed E-state index contributed by atoms with van der Waals surface area (Å²) in [5.41, 5.74) is 4.87. The first-order valence-corrected chi connectivity index (χ1v) is 7.72. The molecule has 0 radical (unpaired) electrons. The zero-order chi connectivity index (χ0) is 14.7. The highest BCUT2D eigenvalue weighted by Gasteiger charge is 2.07. The van der Waals surface area contributed by atoms with Crippen LogP contribution in [-0.2, 0) is 5.75 Å². The zero-order valence-corrected chi connectivity index (χ0v) is 12.8. The maximum atomic E-state index is 4.50. The summed E-state index contributed by atoms with van der Waals surface area (Å²) in [5, 5.41) is 7.97. The second-order valence-electron chi connectivity index (χ2n) is 4.93. The van der Waals surface area contributed by atoms with Crippen molar-refractivity contribution < 1.29 is 0 Å². The van der Waals surface area contributed by atoms with E-state index in [1.54, 1.807) is 24.2 Å². The van der Waals surface area contributed by atoms with E-state index in [4.69, 9.17) is 0 Å². The van der Waals surface area contributed by atoms with Gasteiger partial charge in [0.05, 0.1) is 0 Å². The molecule has 0 unspecified atom stereocenters. The molecule has 2 heterocycles. The van der Waals surface area contributed by atoms with Crippen molar-refractivity contribution in [3.63, 3.8) is 0 Å². The van der Waals surface area contributed by atoms with E-state index in [-0.39, 0.29) is 0 Å². The normalized spacial score (nSPS) is 10.8. The van der Waals surface area contributed by atoms with Crippen molar-refractivity contribution in [2.24, 2.45) is 0 Å². The van der Waals surface area contributed by atoms with Crippen molar-refractivity contribution in [1.29, 1.82) is 0 Å². The monoisotopic (exact) mass is 296 g/mol. The molecule has 0 aliphatic rings. The first-order valence-electron chi connectivity index (χ1n) is 6.74. The van der Waals surface area contributed by atoms with Gasteiger partial charge in [-0.3, -0.25) is 10.1 Å². The molecule has 0 fully saturated rings. The topological polar surface area (TPSA) is 54.5 Å². The van der Waals surface area contributed by atoms with Gasteiger partial charge in [-0.15, -0.1) is 5.10 Å². The van der Waals surface area contributed by atoms with Crippen LogP contribution in [-0.4, -0.2) is 20.2 Å². The second-order valence-corrected chi connectivity index (χ2v) is 5.87. The summed E-state index contributed by atoms with van der Waals surface area (Å²) in [6.45, 7) is 4.25. The van der Waals surface area contributed by atoms with Crippen LogP contribution >= 0.6 is 11.8 Å². The summed E-state index contributed by atoms with van der Waals surface area (Å²) in [4.78, 5) is 8.59. The van der Waals surface area contributed by atoms with E-state index >= 15 is 0 Å². The Kier molecular flexibility index (Phi) is 4.01. The number of rotatable bonds is 4. The van der Waals surface area contributed by atoms with E-state index in [0.29, 0.717) is 0 Å². The molecule has 0 aliphatic carbocycles. The number of nitrogens with one attached hydrogen (secondary N) is 1. The second kappa shape index (κ2) is 6.10. The van der Waals surface area contributed by atoms with Crippen LogP contribution < -0.4 is 0 Å². The Bertz CT molecular complexity index is 737. The Morgan fingerprint density at radius 1 is 1.19 bits per heavy atom. The van der Waals surface area contributed by atoms with E-state index < -0.39 is 0 Å². The first-order chi connectivity index (χ1) is 10.2. The molecule has 1 aromatic carbocycles. The highest BCUT2D eigenvalue weighted by Crippen LogP contribution is 2.23. The molecule has 0 amide bonds. The molecular formula is C16H16N4S. The van der Waals surface area contributed by atoms with E-state index in [2.05, 4.69) is 52.2 Å². The fraction of sp³-hybridized carbons (Fsp3) is 0.188. The zero-order valence-electron chi connectivity index (χ0n) is 12.0. The summed E-state index contributed by atoms with van der Waals surface area (Å²) in [7, 11) is 0. The van der Waals surface area contributed by atoms with Crippen LogP contribution in [0.2, 0.25) is 0 Å². The number of pyridine rings is 1. The van der Waals surface area contributed by atoms with Crippen LogP contribution in [0.1, 0.15) is 16.7 Å². The van der Waals surface area contributed by atoms with E-state index in [1.165, 1.54) is 16.7 Å². The molecule has 0 atom stereocenters. The quantitative estimate of drug-likeness (QED) is 0.744. The van der Waals surface area contributed by atoms with Gasteiger partial charge >= 0.3 is 0 Å². The predicted octanol–water partition coefficient (Wildman–Crippen LogP) is 3.78. The van der Waals surface area contributed by atoms with Crippen molar-refractivity contribution in [2.75, 3.05) is 0 Å². The lowest BCUT2D eigenvalue weighted by molar-refractivity contribution is 0.973. The number of benzene rings is 1. The maximum Gasteiger partial charge on any atom is 0.209 e. The molecule has 1 N–H and O–H groups in total. The maximum absolute atomic E-state index is 4.50. The summed E-state index contributed by atoms with van der Waals surface area (Å²) in [6.07, 6.45) is 3.52. The van der Waals surface area contributed by atoms with Crippen LogP contribution in [0.4, 0.5) is 0 Å². The number of aromatic nitrogens is 4. The van der Waals surface area contributed by atoms with Crippen LogP contribution in [0.25, 0.3) is 11.4 Å². The minimum Gasteiger partial charge on any atom is -0.264 e. The Hall–Kier alpha value is -2.14. The van der Waals surface area contributed by atoms with Crippen molar-refractivity contribution in [3.8, 4) is 11.4 Å². The summed E-state index contributed by atoms with van der Waals surface area (Å²) < 4.78 is 0. The van der Waals surface area contributed by atoms with E-state index in [9.17, 15) is 0 Å². The summed E-state index contributed by atoms with van der Waals surface area (Å²) in [5.74, 6) is 1.63. The van der Waals surface area contributed by atoms with E-state index in [1.807, 2.05) is 12.1 Å². The van der Waals surface area contributed by atoms with Gasteiger partial charge in [0.25, 0.3) is 0 Å². The molecule has 4 nitrogen and oxygen atoms in total. The summed E-state index contributed by atoms with van der Waals surface area (Å²) in [6, 6.07) is 10.4. The van der Waals surface area contributed by atoms with Gasteiger partial charge in [0, 0.05) is 23.7 Å². The molecule has 0 bridgehead atoms. The SMILES string of the molecule is Cc1ccc(CSc2n[nH]c(-c3cccnc3)n2)c(C)c1. The molecule has 5 heteroatoms. The molecule has 3 aromatic rings. The third kappa shape index (κ3) is 3.31. The first kappa shape index (κ1) is 13.8. The van der Waals surface area contributed by atoms with Crippen molar-refractivity contribution in [1.82, 2.24) is 20.2 Å². The predicted molar refractivity (Wildman–Crippen MR) is 85.1 cm³/mol. The fourth-order valence-electron chi connectivity index (χ4n) is 2.09. The van der Waals surface area contributed by atoms with Gasteiger partial charge in [-0.1, -0.05) is 35.5 Å². The van der Waals surface area contributed by atoms with Crippen LogP contribution in [0.3, 0.4) is 0 Å². The number of thioether (sulfide) groups is 1. The third-order valence-corrected chi connectivity index (χ3v) is 4.15. The minimum absolute atomic E-state index is 0.756. The van der Waals surface area contributed by atoms with E-state index in [0.717, 1.165) is 22.3 Å². The van der Waals surface area contributed by atoms with Gasteiger partial charge in [0.15, 0.2) is 5.82 Å². The van der Waals surface area contributed by atoms with Crippen LogP contribution in [0, 0.1) is 13.8 Å². The summed E-state index contributed by atoms with van der Waals surface area (Å²) >= 11 is 1.64. The number of nitrogens with zero attached hydrogens (tertiary/aromatic N) is 3.